The molecule has 0 radical (unpaired) electrons. The summed E-state index contributed by atoms with van der Waals surface area (Å²) in [5.74, 6) is 2.31. The predicted octanol–water partition coefficient (Wildman–Crippen LogP) is 4.15. The molecular formula is C17H19N3O. The standard InChI is InChI=1S/C17H19N3O/c1-9-7-5-6-8-13(9)15-16(19-20-17(15)18)14-10(2)11(3)21-12(14)4/h5-8H,1-4H3,(H3,18,19,20). The SMILES string of the molecule is Cc1ccccc1-c1c(N)n[nH]c1-c1c(C)oc(C)c1C. The van der Waals surface area contributed by atoms with Gasteiger partial charge in [0.1, 0.15) is 11.5 Å². The summed E-state index contributed by atoms with van der Waals surface area (Å²) in [6, 6.07) is 8.18. The smallest absolute Gasteiger partial charge is 0.153 e. The fraction of sp³-hybridized carbons (Fsp3) is 0.235. The van der Waals surface area contributed by atoms with Gasteiger partial charge in [-0.25, -0.2) is 0 Å². The number of furan rings is 1. The van der Waals surface area contributed by atoms with Gasteiger partial charge in [-0.15, -0.1) is 0 Å². The minimum atomic E-state index is 0.511. The molecule has 21 heavy (non-hydrogen) atoms. The summed E-state index contributed by atoms with van der Waals surface area (Å²) >= 11 is 0. The third-order valence-electron chi connectivity index (χ3n) is 4.02. The highest BCUT2D eigenvalue weighted by atomic mass is 16.3. The molecule has 0 unspecified atom stereocenters. The van der Waals surface area contributed by atoms with E-state index in [2.05, 4.69) is 36.2 Å². The Bertz CT molecular complexity index is 812. The Labute approximate surface area is 124 Å². The van der Waals surface area contributed by atoms with E-state index in [0.717, 1.165) is 39.5 Å². The minimum absolute atomic E-state index is 0.511. The molecule has 2 heterocycles. The molecule has 4 heteroatoms. The fourth-order valence-corrected chi connectivity index (χ4v) is 2.82. The van der Waals surface area contributed by atoms with E-state index < -0.39 is 0 Å². The number of nitrogens with two attached hydrogens (primary N) is 1. The first-order valence-corrected chi connectivity index (χ1v) is 6.97. The Morgan fingerprint density at radius 3 is 2.33 bits per heavy atom. The Kier molecular flexibility index (Phi) is 3.09. The van der Waals surface area contributed by atoms with Crippen LogP contribution >= 0.6 is 0 Å². The number of hydrogen-bond donors (Lipinski definition) is 2. The van der Waals surface area contributed by atoms with Crippen LogP contribution in [0.2, 0.25) is 0 Å². The average Bonchev–Trinajstić information content (AvgIpc) is 2.92. The third-order valence-corrected chi connectivity index (χ3v) is 4.02. The van der Waals surface area contributed by atoms with Crippen molar-refractivity contribution in [2.45, 2.75) is 27.7 Å². The summed E-state index contributed by atoms with van der Waals surface area (Å²) in [5, 5.41) is 7.29. The van der Waals surface area contributed by atoms with Gasteiger partial charge in [0.2, 0.25) is 0 Å². The maximum Gasteiger partial charge on any atom is 0.153 e. The molecule has 3 rings (SSSR count). The molecule has 0 aliphatic heterocycles. The zero-order chi connectivity index (χ0) is 15.1. The normalized spacial score (nSPS) is 11.0. The number of nitrogens with zero attached hydrogens (tertiary/aromatic N) is 1. The number of nitrogen functional groups attached to an aromatic ring is 1. The number of benzene rings is 1. The van der Waals surface area contributed by atoms with Crippen molar-refractivity contribution in [1.29, 1.82) is 0 Å². The van der Waals surface area contributed by atoms with Gasteiger partial charge in [-0.3, -0.25) is 5.10 Å². The molecule has 3 aromatic rings. The van der Waals surface area contributed by atoms with Gasteiger partial charge < -0.3 is 10.2 Å². The van der Waals surface area contributed by atoms with Crippen LogP contribution in [-0.2, 0) is 0 Å². The fourth-order valence-electron chi connectivity index (χ4n) is 2.82. The second kappa shape index (κ2) is 4.81. The number of anilines is 1. The zero-order valence-corrected chi connectivity index (χ0v) is 12.7. The Morgan fingerprint density at radius 1 is 1.00 bits per heavy atom. The first-order valence-electron chi connectivity index (χ1n) is 6.97. The van der Waals surface area contributed by atoms with Gasteiger partial charge in [0.05, 0.1) is 11.3 Å². The maximum absolute atomic E-state index is 6.11. The van der Waals surface area contributed by atoms with Crippen LogP contribution in [0.15, 0.2) is 28.7 Å². The molecule has 0 amide bonds. The molecule has 2 aromatic heterocycles. The molecular weight excluding hydrogens is 262 g/mol. The topological polar surface area (TPSA) is 67.8 Å². The highest BCUT2D eigenvalue weighted by Crippen LogP contribution is 2.40. The van der Waals surface area contributed by atoms with Crippen LogP contribution < -0.4 is 5.73 Å². The molecule has 3 N–H and O–H groups in total. The van der Waals surface area contributed by atoms with Crippen molar-refractivity contribution < 1.29 is 4.42 Å². The van der Waals surface area contributed by atoms with E-state index in [9.17, 15) is 0 Å². The van der Waals surface area contributed by atoms with Crippen molar-refractivity contribution in [2.24, 2.45) is 0 Å². The van der Waals surface area contributed by atoms with E-state index in [0.29, 0.717) is 5.82 Å². The van der Waals surface area contributed by atoms with E-state index in [-0.39, 0.29) is 0 Å². The predicted molar refractivity (Wildman–Crippen MR) is 85.1 cm³/mol. The lowest BCUT2D eigenvalue weighted by Crippen LogP contribution is -1.91. The Balaban J connectivity index is 2.30. The molecule has 0 spiro atoms. The maximum atomic E-state index is 6.11. The van der Waals surface area contributed by atoms with Crippen LogP contribution in [0.4, 0.5) is 5.82 Å². The van der Waals surface area contributed by atoms with Gasteiger partial charge in [-0.05, 0) is 44.4 Å². The van der Waals surface area contributed by atoms with Crippen molar-refractivity contribution in [1.82, 2.24) is 10.2 Å². The second-order valence-corrected chi connectivity index (χ2v) is 5.39. The molecule has 1 aromatic carbocycles. The van der Waals surface area contributed by atoms with Crippen LogP contribution in [-0.4, -0.2) is 10.2 Å². The van der Waals surface area contributed by atoms with Crippen LogP contribution in [0.5, 0.6) is 0 Å². The van der Waals surface area contributed by atoms with Crippen LogP contribution in [0, 0.1) is 27.7 Å². The summed E-state index contributed by atoms with van der Waals surface area (Å²) in [5.41, 5.74) is 12.4. The van der Waals surface area contributed by atoms with Crippen LogP contribution in [0.1, 0.15) is 22.6 Å². The number of rotatable bonds is 2. The third kappa shape index (κ3) is 2.03. The molecule has 0 bridgehead atoms. The largest absolute Gasteiger partial charge is 0.466 e. The van der Waals surface area contributed by atoms with E-state index in [1.54, 1.807) is 0 Å². The molecule has 0 aliphatic rings. The average molecular weight is 281 g/mol. The minimum Gasteiger partial charge on any atom is -0.466 e. The Hall–Kier alpha value is -2.49. The molecule has 0 saturated carbocycles. The molecule has 4 nitrogen and oxygen atoms in total. The number of aromatic nitrogens is 2. The summed E-state index contributed by atoms with van der Waals surface area (Å²) in [6.45, 7) is 8.07. The highest BCUT2D eigenvalue weighted by Gasteiger charge is 2.22. The number of aromatic amines is 1. The van der Waals surface area contributed by atoms with Gasteiger partial charge in [-0.1, -0.05) is 24.3 Å². The van der Waals surface area contributed by atoms with E-state index >= 15 is 0 Å². The molecule has 0 fully saturated rings. The van der Waals surface area contributed by atoms with Crippen molar-refractivity contribution in [3.63, 3.8) is 0 Å². The highest BCUT2D eigenvalue weighted by molar-refractivity contribution is 5.90. The lowest BCUT2D eigenvalue weighted by molar-refractivity contribution is 0.503. The first kappa shape index (κ1) is 13.5. The van der Waals surface area contributed by atoms with Crippen molar-refractivity contribution in [3.05, 3.63) is 46.9 Å². The monoisotopic (exact) mass is 281 g/mol. The van der Waals surface area contributed by atoms with Crippen molar-refractivity contribution in [2.75, 3.05) is 5.73 Å². The second-order valence-electron chi connectivity index (χ2n) is 5.39. The van der Waals surface area contributed by atoms with Gasteiger partial charge in [-0.2, -0.15) is 5.10 Å². The summed E-state index contributed by atoms with van der Waals surface area (Å²) in [4.78, 5) is 0. The molecule has 0 saturated heterocycles. The van der Waals surface area contributed by atoms with E-state index in [1.807, 2.05) is 26.0 Å². The lowest BCUT2D eigenvalue weighted by atomic mass is 9.95. The van der Waals surface area contributed by atoms with Gasteiger partial charge in [0.25, 0.3) is 0 Å². The number of hydrogen-bond acceptors (Lipinski definition) is 3. The molecule has 108 valence electrons. The van der Waals surface area contributed by atoms with Crippen molar-refractivity contribution in [3.8, 4) is 22.4 Å². The van der Waals surface area contributed by atoms with Crippen molar-refractivity contribution >= 4 is 5.82 Å². The number of H-pyrrole nitrogens is 1. The number of aryl methyl sites for hydroxylation is 3. The summed E-state index contributed by atoms with van der Waals surface area (Å²) in [7, 11) is 0. The number of nitrogens with one attached hydrogen (secondary N) is 1. The quantitative estimate of drug-likeness (QED) is 0.741. The van der Waals surface area contributed by atoms with Crippen LogP contribution in [0.25, 0.3) is 22.4 Å². The lowest BCUT2D eigenvalue weighted by Gasteiger charge is -2.08. The zero-order valence-electron chi connectivity index (χ0n) is 12.7. The Morgan fingerprint density at radius 2 is 1.71 bits per heavy atom. The van der Waals surface area contributed by atoms with Gasteiger partial charge in [0, 0.05) is 5.56 Å². The molecule has 0 atom stereocenters. The molecule has 0 aliphatic carbocycles. The summed E-state index contributed by atoms with van der Waals surface area (Å²) < 4.78 is 5.74. The van der Waals surface area contributed by atoms with Crippen LogP contribution in [0.3, 0.4) is 0 Å². The van der Waals surface area contributed by atoms with Gasteiger partial charge in [0.15, 0.2) is 5.82 Å². The first-order chi connectivity index (χ1) is 10.0. The summed E-state index contributed by atoms with van der Waals surface area (Å²) in [6.07, 6.45) is 0. The van der Waals surface area contributed by atoms with Gasteiger partial charge >= 0.3 is 0 Å². The van der Waals surface area contributed by atoms with E-state index in [1.165, 1.54) is 5.56 Å². The van der Waals surface area contributed by atoms with E-state index in [4.69, 9.17) is 10.2 Å².